The van der Waals surface area contributed by atoms with Gasteiger partial charge >= 0.3 is 12.1 Å². The van der Waals surface area contributed by atoms with Crippen LogP contribution in [-0.2, 0) is 11.2 Å². The van der Waals surface area contributed by atoms with Crippen molar-refractivity contribution in [2.75, 3.05) is 42.7 Å². The number of aliphatic hydroxyl groups is 1. The highest BCUT2D eigenvalue weighted by molar-refractivity contribution is 6.00. The Morgan fingerprint density at radius 2 is 1.59 bits per heavy atom. The van der Waals surface area contributed by atoms with Gasteiger partial charge in [-0.3, -0.25) is 4.79 Å². The van der Waals surface area contributed by atoms with E-state index in [1.165, 1.54) is 0 Å². The standard InChI is InChI=1S/C31H37N5O5/c1-21-18-36(22(2)20-37)29(38)17-23-16-26(33-30(39)32-24-10-6-4-7-11-24)14-15-27(23)41-28(21)19-35(3)31(40)34-25-12-8-5-9-13-25/h4-16,21-22,28,37H,17-20H2,1-3H3,(H,34,40)(H2,32,33,39)/t21-,22+,28+/m0/s1. The Hall–Kier alpha value is -4.57. The fourth-order valence-corrected chi connectivity index (χ4v) is 4.63. The van der Waals surface area contributed by atoms with Gasteiger partial charge in [-0.25, -0.2) is 9.59 Å². The van der Waals surface area contributed by atoms with Crippen molar-refractivity contribution in [3.8, 4) is 5.75 Å². The molecule has 4 rings (SSSR count). The number of nitrogens with zero attached hydrogens (tertiary/aromatic N) is 2. The van der Waals surface area contributed by atoms with Crippen LogP contribution in [0, 0.1) is 5.92 Å². The summed E-state index contributed by atoms with van der Waals surface area (Å²) in [5.41, 5.74) is 2.43. The normalized spacial score (nSPS) is 17.6. The highest BCUT2D eigenvalue weighted by Gasteiger charge is 2.32. The monoisotopic (exact) mass is 559 g/mol. The Labute approximate surface area is 240 Å². The molecule has 4 N–H and O–H groups in total. The van der Waals surface area contributed by atoms with Gasteiger partial charge in [-0.05, 0) is 49.4 Å². The average molecular weight is 560 g/mol. The molecule has 0 saturated carbocycles. The second-order valence-corrected chi connectivity index (χ2v) is 10.3. The second kappa shape index (κ2) is 13.7. The number of amides is 5. The Balaban J connectivity index is 1.56. The fourth-order valence-electron chi connectivity index (χ4n) is 4.63. The van der Waals surface area contributed by atoms with Crippen LogP contribution in [0.1, 0.15) is 19.4 Å². The molecule has 3 aromatic carbocycles. The number of fused-ring (bicyclic) bond motifs is 1. The Kier molecular flexibility index (Phi) is 9.81. The summed E-state index contributed by atoms with van der Waals surface area (Å²) in [6.07, 6.45) is -0.432. The zero-order chi connectivity index (χ0) is 29.4. The van der Waals surface area contributed by atoms with Crippen molar-refractivity contribution in [3.05, 3.63) is 84.4 Å². The lowest BCUT2D eigenvalue weighted by atomic mass is 10.0. The number of urea groups is 2. The topological polar surface area (TPSA) is 123 Å². The second-order valence-electron chi connectivity index (χ2n) is 10.3. The molecule has 216 valence electrons. The molecular weight excluding hydrogens is 522 g/mol. The van der Waals surface area contributed by atoms with E-state index in [0.717, 1.165) is 0 Å². The number of hydrogen-bond donors (Lipinski definition) is 4. The number of hydrogen-bond acceptors (Lipinski definition) is 5. The van der Waals surface area contributed by atoms with Crippen molar-refractivity contribution in [1.82, 2.24) is 9.80 Å². The largest absolute Gasteiger partial charge is 0.488 e. The Bertz CT molecular complexity index is 1340. The van der Waals surface area contributed by atoms with E-state index in [1.807, 2.05) is 55.5 Å². The molecule has 1 heterocycles. The highest BCUT2D eigenvalue weighted by Crippen LogP contribution is 2.29. The lowest BCUT2D eigenvalue weighted by molar-refractivity contribution is -0.134. The van der Waals surface area contributed by atoms with Crippen molar-refractivity contribution in [2.45, 2.75) is 32.4 Å². The molecule has 0 aromatic heterocycles. The van der Waals surface area contributed by atoms with E-state index in [1.54, 1.807) is 54.1 Å². The Morgan fingerprint density at radius 3 is 2.22 bits per heavy atom. The molecule has 0 unspecified atom stereocenters. The first-order chi connectivity index (χ1) is 19.7. The van der Waals surface area contributed by atoms with Crippen LogP contribution >= 0.6 is 0 Å². The van der Waals surface area contributed by atoms with Crippen molar-refractivity contribution >= 4 is 35.0 Å². The lowest BCUT2D eigenvalue weighted by Gasteiger charge is -2.34. The van der Waals surface area contributed by atoms with E-state index in [9.17, 15) is 19.5 Å². The maximum atomic E-state index is 13.4. The minimum absolute atomic E-state index is 0.0271. The fraction of sp³-hybridized carbons (Fsp3) is 0.323. The molecule has 1 aliphatic rings. The molecule has 0 fully saturated rings. The number of anilines is 3. The first-order valence-electron chi connectivity index (χ1n) is 13.6. The van der Waals surface area contributed by atoms with Gasteiger partial charge in [0.05, 0.1) is 25.6 Å². The summed E-state index contributed by atoms with van der Waals surface area (Å²) >= 11 is 0. The van der Waals surface area contributed by atoms with Crippen molar-refractivity contribution in [1.29, 1.82) is 0 Å². The van der Waals surface area contributed by atoms with Crippen LogP contribution < -0.4 is 20.7 Å². The minimum atomic E-state index is -0.459. The van der Waals surface area contributed by atoms with E-state index in [4.69, 9.17) is 4.74 Å². The molecule has 5 amide bonds. The van der Waals surface area contributed by atoms with E-state index in [0.29, 0.717) is 34.9 Å². The number of benzene rings is 3. The molecule has 3 atom stereocenters. The molecule has 0 aliphatic carbocycles. The van der Waals surface area contributed by atoms with Crippen LogP contribution in [0.3, 0.4) is 0 Å². The van der Waals surface area contributed by atoms with Crippen LogP contribution in [0.4, 0.5) is 26.7 Å². The molecule has 41 heavy (non-hydrogen) atoms. The molecule has 10 nitrogen and oxygen atoms in total. The SMILES string of the molecule is C[C@H](CO)N1C[C@H](C)[C@@H](CN(C)C(=O)Nc2ccccc2)Oc2ccc(NC(=O)Nc3ccccc3)cc2CC1=O. The van der Waals surface area contributed by atoms with Crippen molar-refractivity contribution in [2.24, 2.45) is 5.92 Å². The zero-order valence-electron chi connectivity index (χ0n) is 23.5. The zero-order valence-corrected chi connectivity index (χ0v) is 23.5. The third kappa shape index (κ3) is 7.98. The third-order valence-corrected chi connectivity index (χ3v) is 7.03. The van der Waals surface area contributed by atoms with E-state index >= 15 is 0 Å². The van der Waals surface area contributed by atoms with Crippen LogP contribution in [0.15, 0.2) is 78.9 Å². The maximum absolute atomic E-state index is 13.4. The van der Waals surface area contributed by atoms with Gasteiger partial charge in [0.2, 0.25) is 5.91 Å². The summed E-state index contributed by atoms with van der Waals surface area (Å²) in [5.74, 6) is 0.171. The quantitative estimate of drug-likeness (QED) is 0.336. The number of aliphatic hydroxyl groups excluding tert-OH is 1. The van der Waals surface area contributed by atoms with Gasteiger partial charge in [-0.15, -0.1) is 0 Å². The summed E-state index contributed by atoms with van der Waals surface area (Å²) in [5, 5.41) is 18.3. The van der Waals surface area contributed by atoms with E-state index in [2.05, 4.69) is 16.0 Å². The molecule has 0 bridgehead atoms. The molecule has 1 aliphatic heterocycles. The molecule has 0 spiro atoms. The lowest BCUT2D eigenvalue weighted by Crippen LogP contribution is -2.48. The maximum Gasteiger partial charge on any atom is 0.323 e. The van der Waals surface area contributed by atoms with Gasteiger partial charge < -0.3 is 35.6 Å². The predicted molar refractivity (Wildman–Crippen MR) is 159 cm³/mol. The van der Waals surface area contributed by atoms with Crippen LogP contribution in [0.25, 0.3) is 0 Å². The van der Waals surface area contributed by atoms with Crippen molar-refractivity contribution in [3.63, 3.8) is 0 Å². The predicted octanol–water partition coefficient (Wildman–Crippen LogP) is 4.64. The van der Waals surface area contributed by atoms with Crippen LogP contribution in [0.5, 0.6) is 5.75 Å². The number of carbonyl (C=O) groups excluding carboxylic acids is 3. The molecular formula is C31H37N5O5. The highest BCUT2D eigenvalue weighted by atomic mass is 16.5. The summed E-state index contributed by atoms with van der Waals surface area (Å²) in [6.45, 7) is 4.18. The van der Waals surface area contributed by atoms with Crippen LogP contribution in [-0.4, -0.2) is 71.8 Å². The summed E-state index contributed by atoms with van der Waals surface area (Å²) in [4.78, 5) is 42.1. The van der Waals surface area contributed by atoms with Gasteiger partial charge in [-0.1, -0.05) is 43.3 Å². The summed E-state index contributed by atoms with van der Waals surface area (Å²) < 4.78 is 6.47. The summed E-state index contributed by atoms with van der Waals surface area (Å²) in [7, 11) is 1.69. The smallest absolute Gasteiger partial charge is 0.323 e. The van der Waals surface area contributed by atoms with Gasteiger partial charge in [0, 0.05) is 42.1 Å². The summed E-state index contributed by atoms with van der Waals surface area (Å²) in [6, 6.07) is 22.3. The Morgan fingerprint density at radius 1 is 0.976 bits per heavy atom. The van der Waals surface area contributed by atoms with Crippen LogP contribution in [0.2, 0.25) is 0 Å². The number of nitrogens with one attached hydrogen (secondary N) is 3. The molecule has 10 heteroatoms. The van der Waals surface area contributed by atoms with Gasteiger partial charge in [0.15, 0.2) is 0 Å². The first kappa shape index (κ1) is 29.4. The number of para-hydroxylation sites is 2. The van der Waals surface area contributed by atoms with E-state index in [-0.39, 0.29) is 37.4 Å². The first-order valence-corrected chi connectivity index (χ1v) is 13.6. The number of carbonyl (C=O) groups is 3. The molecule has 0 saturated heterocycles. The molecule has 0 radical (unpaired) electrons. The number of likely N-dealkylation sites (N-methyl/N-ethyl adjacent to an activating group) is 1. The van der Waals surface area contributed by atoms with E-state index < -0.39 is 18.2 Å². The average Bonchev–Trinajstić information content (AvgIpc) is 3.01. The minimum Gasteiger partial charge on any atom is -0.488 e. The van der Waals surface area contributed by atoms with Crippen molar-refractivity contribution < 1.29 is 24.2 Å². The number of rotatable bonds is 7. The van der Waals surface area contributed by atoms with Gasteiger partial charge in [0.25, 0.3) is 0 Å². The third-order valence-electron chi connectivity index (χ3n) is 7.03. The van der Waals surface area contributed by atoms with Gasteiger partial charge in [-0.2, -0.15) is 0 Å². The van der Waals surface area contributed by atoms with Gasteiger partial charge in [0.1, 0.15) is 11.9 Å². The number of ether oxygens (including phenoxy) is 1. The molecule has 3 aromatic rings.